The van der Waals surface area contributed by atoms with Crippen LogP contribution in [0.1, 0.15) is 25.6 Å². The summed E-state index contributed by atoms with van der Waals surface area (Å²) < 4.78 is 0. The highest BCUT2D eigenvalue weighted by Crippen LogP contribution is 2.21. The number of aromatic nitrogens is 2. The number of nitrogens with one attached hydrogen (secondary N) is 1. The molecule has 2 rings (SSSR count). The molecule has 0 bridgehead atoms. The van der Waals surface area contributed by atoms with Crippen LogP contribution < -0.4 is 5.32 Å². The predicted octanol–water partition coefficient (Wildman–Crippen LogP) is 4.65. The van der Waals surface area contributed by atoms with E-state index >= 15 is 0 Å². The van der Waals surface area contributed by atoms with E-state index in [1.165, 1.54) is 0 Å². The Morgan fingerprint density at radius 2 is 1.72 bits per heavy atom. The molecule has 0 unspecified atom stereocenters. The van der Waals surface area contributed by atoms with E-state index in [0.717, 1.165) is 11.5 Å². The third-order valence-electron chi connectivity index (χ3n) is 2.35. The molecule has 1 aromatic heterocycles. The van der Waals surface area contributed by atoms with Gasteiger partial charge < -0.3 is 5.32 Å². The predicted molar refractivity (Wildman–Crippen MR) is 75.9 cm³/mol. The summed E-state index contributed by atoms with van der Waals surface area (Å²) in [6.45, 7) is 4.05. The molecule has 0 aliphatic rings. The fourth-order valence-corrected chi connectivity index (χ4v) is 1.75. The number of hydrogen-bond donors (Lipinski definition) is 1. The molecule has 0 aliphatic carbocycles. The first-order chi connectivity index (χ1) is 8.54. The zero-order valence-corrected chi connectivity index (χ0v) is 11.6. The highest BCUT2D eigenvalue weighted by Gasteiger charge is 2.07. The SMILES string of the molecule is CC(C)c1nc(Cl)cc(Nc2ccc(Cl)cc2)n1. The Morgan fingerprint density at radius 3 is 2.33 bits per heavy atom. The van der Waals surface area contributed by atoms with Crippen LogP contribution in [0.15, 0.2) is 30.3 Å². The topological polar surface area (TPSA) is 37.8 Å². The van der Waals surface area contributed by atoms with Crippen LogP contribution >= 0.6 is 23.2 Å². The van der Waals surface area contributed by atoms with Crippen molar-refractivity contribution >= 4 is 34.7 Å². The second-order valence-corrected chi connectivity index (χ2v) is 5.04. The molecule has 1 aromatic carbocycles. The van der Waals surface area contributed by atoms with Gasteiger partial charge in [0.1, 0.15) is 16.8 Å². The first kappa shape index (κ1) is 13.1. The van der Waals surface area contributed by atoms with Gasteiger partial charge >= 0.3 is 0 Å². The van der Waals surface area contributed by atoms with Crippen molar-refractivity contribution < 1.29 is 0 Å². The minimum atomic E-state index is 0.231. The first-order valence-corrected chi connectivity index (χ1v) is 6.37. The van der Waals surface area contributed by atoms with Gasteiger partial charge in [-0.05, 0) is 24.3 Å². The van der Waals surface area contributed by atoms with Crippen molar-refractivity contribution in [2.24, 2.45) is 0 Å². The molecule has 0 radical (unpaired) electrons. The van der Waals surface area contributed by atoms with Crippen molar-refractivity contribution in [1.82, 2.24) is 9.97 Å². The van der Waals surface area contributed by atoms with E-state index in [1.54, 1.807) is 6.07 Å². The summed E-state index contributed by atoms with van der Waals surface area (Å²) >= 11 is 11.8. The monoisotopic (exact) mass is 281 g/mol. The summed E-state index contributed by atoms with van der Waals surface area (Å²) in [6, 6.07) is 9.09. The molecule has 0 atom stereocenters. The van der Waals surface area contributed by atoms with Crippen molar-refractivity contribution in [1.29, 1.82) is 0 Å². The first-order valence-electron chi connectivity index (χ1n) is 5.61. The maximum atomic E-state index is 5.97. The van der Waals surface area contributed by atoms with Gasteiger partial charge in [0.2, 0.25) is 0 Å². The number of nitrogens with zero attached hydrogens (tertiary/aromatic N) is 2. The van der Waals surface area contributed by atoms with Crippen LogP contribution in [-0.2, 0) is 0 Å². The third kappa shape index (κ3) is 3.34. The Kier molecular flexibility index (Phi) is 4.04. The maximum Gasteiger partial charge on any atom is 0.135 e. The van der Waals surface area contributed by atoms with Crippen LogP contribution in [0.3, 0.4) is 0 Å². The molecule has 0 aliphatic heterocycles. The van der Waals surface area contributed by atoms with Crippen molar-refractivity contribution in [2.75, 3.05) is 5.32 Å². The van der Waals surface area contributed by atoms with Crippen molar-refractivity contribution in [3.8, 4) is 0 Å². The number of benzene rings is 1. The van der Waals surface area contributed by atoms with Gasteiger partial charge in [-0.15, -0.1) is 0 Å². The Labute approximate surface area is 116 Å². The number of hydrogen-bond acceptors (Lipinski definition) is 3. The van der Waals surface area contributed by atoms with E-state index in [1.807, 2.05) is 38.1 Å². The average Bonchev–Trinajstić information content (AvgIpc) is 2.31. The molecule has 2 aromatic rings. The van der Waals surface area contributed by atoms with Crippen molar-refractivity contribution in [3.63, 3.8) is 0 Å². The standard InChI is InChI=1S/C13H13Cl2N3/c1-8(2)13-17-11(15)7-12(18-13)16-10-5-3-9(14)4-6-10/h3-8H,1-2H3,(H,16,17,18). The summed E-state index contributed by atoms with van der Waals surface area (Å²) in [5.41, 5.74) is 0.906. The fourth-order valence-electron chi connectivity index (χ4n) is 1.44. The van der Waals surface area contributed by atoms with E-state index in [9.17, 15) is 0 Å². The van der Waals surface area contributed by atoms with Gasteiger partial charge in [0.25, 0.3) is 0 Å². The largest absolute Gasteiger partial charge is 0.340 e. The Balaban J connectivity index is 2.26. The average molecular weight is 282 g/mol. The Morgan fingerprint density at radius 1 is 1.06 bits per heavy atom. The van der Waals surface area contributed by atoms with Crippen molar-refractivity contribution in [2.45, 2.75) is 19.8 Å². The van der Waals surface area contributed by atoms with Gasteiger partial charge in [-0.1, -0.05) is 37.0 Å². The summed E-state index contributed by atoms with van der Waals surface area (Å²) in [5.74, 6) is 1.63. The molecule has 0 saturated heterocycles. The zero-order valence-electron chi connectivity index (χ0n) is 10.1. The molecule has 0 amide bonds. The summed E-state index contributed by atoms with van der Waals surface area (Å²) in [5, 5.41) is 4.31. The van der Waals surface area contributed by atoms with Crippen LogP contribution in [0.2, 0.25) is 10.2 Å². The molecule has 18 heavy (non-hydrogen) atoms. The van der Waals surface area contributed by atoms with E-state index in [4.69, 9.17) is 23.2 Å². The van der Waals surface area contributed by atoms with Gasteiger partial charge in [-0.25, -0.2) is 9.97 Å². The van der Waals surface area contributed by atoms with Crippen LogP contribution in [0.25, 0.3) is 0 Å². The second kappa shape index (κ2) is 5.55. The van der Waals surface area contributed by atoms with Crippen LogP contribution in [0, 0.1) is 0 Å². The van der Waals surface area contributed by atoms with Crippen LogP contribution in [0.5, 0.6) is 0 Å². The number of rotatable bonds is 3. The maximum absolute atomic E-state index is 5.97. The summed E-state index contributed by atoms with van der Waals surface area (Å²) in [6.07, 6.45) is 0. The molecule has 0 spiro atoms. The lowest BCUT2D eigenvalue weighted by Gasteiger charge is -2.09. The van der Waals surface area contributed by atoms with Crippen molar-refractivity contribution in [3.05, 3.63) is 46.3 Å². The van der Waals surface area contributed by atoms with Crippen LogP contribution in [0.4, 0.5) is 11.5 Å². The molecule has 94 valence electrons. The number of anilines is 2. The molecule has 0 fully saturated rings. The van der Waals surface area contributed by atoms with Gasteiger partial charge in [0.15, 0.2) is 0 Å². The molecule has 0 saturated carbocycles. The Hall–Kier alpha value is -1.32. The minimum absolute atomic E-state index is 0.231. The van der Waals surface area contributed by atoms with Crippen LogP contribution in [-0.4, -0.2) is 9.97 Å². The molecular formula is C13H13Cl2N3. The molecular weight excluding hydrogens is 269 g/mol. The van der Waals surface area contributed by atoms with Gasteiger partial charge in [0.05, 0.1) is 0 Å². The van der Waals surface area contributed by atoms with E-state index < -0.39 is 0 Å². The Bertz CT molecular complexity index is 538. The van der Waals surface area contributed by atoms with E-state index in [-0.39, 0.29) is 5.92 Å². The van der Waals surface area contributed by atoms with Gasteiger partial charge in [0, 0.05) is 22.7 Å². The quantitative estimate of drug-likeness (QED) is 0.832. The lowest BCUT2D eigenvalue weighted by atomic mass is 10.2. The molecule has 5 heteroatoms. The smallest absolute Gasteiger partial charge is 0.135 e. The fraction of sp³-hybridized carbons (Fsp3) is 0.231. The zero-order chi connectivity index (χ0) is 13.1. The summed E-state index contributed by atoms with van der Waals surface area (Å²) in [7, 11) is 0. The third-order valence-corrected chi connectivity index (χ3v) is 2.79. The van der Waals surface area contributed by atoms with E-state index in [2.05, 4.69) is 15.3 Å². The normalized spacial score (nSPS) is 10.7. The summed E-state index contributed by atoms with van der Waals surface area (Å²) in [4.78, 5) is 8.59. The van der Waals surface area contributed by atoms with Gasteiger partial charge in [-0.3, -0.25) is 0 Å². The lowest BCUT2D eigenvalue weighted by Crippen LogP contribution is -2.02. The lowest BCUT2D eigenvalue weighted by molar-refractivity contribution is 0.776. The minimum Gasteiger partial charge on any atom is -0.340 e. The number of halogens is 2. The van der Waals surface area contributed by atoms with Gasteiger partial charge in [-0.2, -0.15) is 0 Å². The second-order valence-electron chi connectivity index (χ2n) is 4.22. The highest BCUT2D eigenvalue weighted by molar-refractivity contribution is 6.30. The highest BCUT2D eigenvalue weighted by atomic mass is 35.5. The molecule has 1 N–H and O–H groups in total. The molecule has 1 heterocycles. The molecule has 3 nitrogen and oxygen atoms in total. The van der Waals surface area contributed by atoms with E-state index in [0.29, 0.717) is 16.0 Å².